The maximum atomic E-state index is 14.9. The summed E-state index contributed by atoms with van der Waals surface area (Å²) >= 11 is 0. The molecule has 2 N–H and O–H groups in total. The highest BCUT2D eigenvalue weighted by Crippen LogP contribution is 2.38. The Balaban J connectivity index is 1.33. The lowest BCUT2D eigenvalue weighted by Crippen LogP contribution is -2.59. The standard InChI is InChI=1S/C18H20FN9O2/c1-18-6-5-10(21-18)7-15(16(18)19)30-17-20-9-13(22-23-17)12-4-3-11(8-14(12)29)28-25-24-27(2)26-28/h3-4,8-10,15-16,21H,5-7H2,1-2H3/p+1/t10?,15-,16+,18+/m1/s1. The van der Waals surface area contributed by atoms with Crippen molar-refractivity contribution in [3.63, 3.8) is 0 Å². The molecule has 0 radical (unpaired) electrons. The fraction of sp³-hybridized carbons (Fsp3) is 0.500. The van der Waals surface area contributed by atoms with E-state index in [9.17, 15) is 9.50 Å². The summed E-state index contributed by atoms with van der Waals surface area (Å²) in [5.74, 6) is -0.0381. The Morgan fingerprint density at radius 3 is 2.93 bits per heavy atom. The van der Waals surface area contributed by atoms with E-state index in [4.69, 9.17) is 4.74 Å². The Morgan fingerprint density at radius 1 is 1.37 bits per heavy atom. The van der Waals surface area contributed by atoms with Gasteiger partial charge in [0.1, 0.15) is 29.8 Å². The lowest BCUT2D eigenvalue weighted by Gasteiger charge is -2.39. The summed E-state index contributed by atoms with van der Waals surface area (Å²) in [6.45, 7) is 1.89. The molecule has 0 spiro atoms. The van der Waals surface area contributed by atoms with E-state index < -0.39 is 17.8 Å². The molecule has 156 valence electrons. The van der Waals surface area contributed by atoms with Gasteiger partial charge in [-0.05, 0) is 36.7 Å². The number of phenolic OH excluding ortho intramolecular Hbond substituents is 1. The summed E-state index contributed by atoms with van der Waals surface area (Å²) in [5, 5.41) is 33.4. The van der Waals surface area contributed by atoms with Crippen molar-refractivity contribution in [2.75, 3.05) is 0 Å². The zero-order chi connectivity index (χ0) is 20.9. The number of benzene rings is 1. The van der Waals surface area contributed by atoms with Gasteiger partial charge in [0, 0.05) is 28.9 Å². The molecular weight excluding hydrogens is 393 g/mol. The number of hydrogen-bond donors (Lipinski definition) is 2. The average Bonchev–Trinajstić information content (AvgIpc) is 3.31. The second-order valence-electron chi connectivity index (χ2n) is 7.97. The van der Waals surface area contributed by atoms with Crippen molar-refractivity contribution < 1.29 is 19.0 Å². The van der Waals surface area contributed by atoms with E-state index in [0.717, 1.165) is 12.8 Å². The minimum absolute atomic E-state index is 0.0201. The first-order valence-electron chi connectivity index (χ1n) is 9.70. The van der Waals surface area contributed by atoms with Gasteiger partial charge in [-0.15, -0.1) is 5.10 Å². The van der Waals surface area contributed by atoms with Gasteiger partial charge in [0.2, 0.25) is 0 Å². The zero-order valence-corrected chi connectivity index (χ0v) is 16.5. The molecule has 2 fully saturated rings. The quantitative estimate of drug-likeness (QED) is 0.569. The molecule has 0 saturated carbocycles. The van der Waals surface area contributed by atoms with Gasteiger partial charge in [0.25, 0.3) is 0 Å². The molecule has 1 aromatic carbocycles. The Hall–Kier alpha value is -3.28. The fourth-order valence-corrected chi connectivity index (χ4v) is 4.19. The molecule has 4 heterocycles. The number of phenols is 1. The van der Waals surface area contributed by atoms with Crippen LogP contribution >= 0.6 is 0 Å². The van der Waals surface area contributed by atoms with Crippen molar-refractivity contribution >= 4 is 0 Å². The van der Waals surface area contributed by atoms with Crippen LogP contribution in [0.25, 0.3) is 16.9 Å². The summed E-state index contributed by atoms with van der Waals surface area (Å²) in [6.07, 6.45) is 1.97. The molecule has 11 nitrogen and oxygen atoms in total. The van der Waals surface area contributed by atoms with Crippen LogP contribution < -0.4 is 14.9 Å². The van der Waals surface area contributed by atoms with Crippen LogP contribution in [0.1, 0.15) is 26.2 Å². The highest BCUT2D eigenvalue weighted by molar-refractivity contribution is 5.67. The number of ether oxygens (including phenoxy) is 1. The van der Waals surface area contributed by atoms with Gasteiger partial charge < -0.3 is 15.2 Å². The third-order valence-electron chi connectivity index (χ3n) is 5.75. The highest BCUT2D eigenvalue weighted by Gasteiger charge is 2.51. The van der Waals surface area contributed by atoms with Crippen LogP contribution in [0.5, 0.6) is 11.8 Å². The molecule has 1 unspecified atom stereocenters. The SMILES string of the molecule is C[n+]1nnn(-c2ccc(-c3cnc(O[C@@H]4CC5CC[C@](C)(N5)[C@H]4F)nn3)c(O)c2)n1. The molecule has 2 saturated heterocycles. The van der Waals surface area contributed by atoms with Crippen molar-refractivity contribution in [1.29, 1.82) is 0 Å². The molecule has 4 atom stereocenters. The number of halogens is 1. The minimum atomic E-state index is -1.15. The predicted molar refractivity (Wildman–Crippen MR) is 99.3 cm³/mol. The van der Waals surface area contributed by atoms with Gasteiger partial charge in [0.05, 0.1) is 16.9 Å². The number of hydrogen-bond acceptors (Lipinski definition) is 9. The summed E-state index contributed by atoms with van der Waals surface area (Å²) in [4.78, 5) is 6.75. The number of fused-ring (bicyclic) bond motifs is 2. The van der Waals surface area contributed by atoms with Gasteiger partial charge in [0.15, 0.2) is 17.1 Å². The maximum Gasteiger partial charge on any atom is 0.336 e. The Bertz CT molecular complexity index is 1080. The highest BCUT2D eigenvalue weighted by atomic mass is 19.1. The van der Waals surface area contributed by atoms with E-state index in [-0.39, 0.29) is 17.8 Å². The van der Waals surface area contributed by atoms with Crippen molar-refractivity contribution in [3.8, 4) is 28.7 Å². The molecule has 2 aromatic heterocycles. The number of rotatable bonds is 4. The first-order chi connectivity index (χ1) is 14.4. The van der Waals surface area contributed by atoms with E-state index in [1.165, 1.54) is 21.9 Å². The fourth-order valence-electron chi connectivity index (χ4n) is 4.19. The Labute approximate surface area is 170 Å². The average molecular weight is 414 g/mol. The number of aryl methyl sites for hydroxylation is 1. The molecule has 2 bridgehead atoms. The van der Waals surface area contributed by atoms with Gasteiger partial charge >= 0.3 is 6.01 Å². The van der Waals surface area contributed by atoms with Crippen LogP contribution in [-0.2, 0) is 7.05 Å². The van der Waals surface area contributed by atoms with Crippen LogP contribution in [0.4, 0.5) is 4.39 Å². The molecule has 2 aliphatic heterocycles. The molecule has 0 amide bonds. The second kappa shape index (κ2) is 6.90. The Morgan fingerprint density at radius 2 is 2.23 bits per heavy atom. The number of alkyl halides is 1. The van der Waals surface area contributed by atoms with Crippen LogP contribution in [0.3, 0.4) is 0 Å². The first-order valence-corrected chi connectivity index (χ1v) is 9.70. The van der Waals surface area contributed by atoms with E-state index in [2.05, 4.69) is 36.1 Å². The number of nitrogens with one attached hydrogen (secondary N) is 1. The summed E-state index contributed by atoms with van der Waals surface area (Å²) in [6, 6.07) is 5.12. The van der Waals surface area contributed by atoms with Crippen LogP contribution in [0, 0.1) is 0 Å². The molecule has 2 aliphatic rings. The summed E-state index contributed by atoms with van der Waals surface area (Å²) < 4.78 is 20.6. The second-order valence-corrected chi connectivity index (χ2v) is 7.97. The molecule has 0 aliphatic carbocycles. The van der Waals surface area contributed by atoms with Gasteiger partial charge in [-0.3, -0.25) is 0 Å². The number of aromatic nitrogens is 8. The predicted octanol–water partition coefficient (Wildman–Crippen LogP) is 0.0443. The van der Waals surface area contributed by atoms with E-state index >= 15 is 0 Å². The smallest absolute Gasteiger partial charge is 0.336 e. The van der Waals surface area contributed by atoms with E-state index in [1.807, 2.05) is 6.92 Å². The van der Waals surface area contributed by atoms with Crippen molar-refractivity contribution in [2.45, 2.75) is 50.0 Å². The lowest BCUT2D eigenvalue weighted by molar-refractivity contribution is -0.787. The maximum absolute atomic E-state index is 14.9. The number of nitrogens with zero attached hydrogens (tertiary/aromatic N) is 8. The molecule has 3 aromatic rings. The normalized spacial score (nSPS) is 27.9. The molecule has 5 rings (SSSR count). The third kappa shape index (κ3) is 3.22. The van der Waals surface area contributed by atoms with Crippen LogP contribution in [-0.4, -0.2) is 64.6 Å². The van der Waals surface area contributed by atoms with Gasteiger partial charge in [-0.2, -0.15) is 0 Å². The minimum Gasteiger partial charge on any atom is -0.507 e. The van der Waals surface area contributed by atoms with Crippen LogP contribution in [0.2, 0.25) is 0 Å². The third-order valence-corrected chi connectivity index (χ3v) is 5.75. The van der Waals surface area contributed by atoms with Crippen molar-refractivity contribution in [1.82, 2.24) is 40.9 Å². The topological polar surface area (TPSA) is 128 Å². The molecule has 30 heavy (non-hydrogen) atoms. The van der Waals surface area contributed by atoms with Crippen molar-refractivity contribution in [3.05, 3.63) is 24.4 Å². The summed E-state index contributed by atoms with van der Waals surface area (Å²) in [5.41, 5.74) is 0.765. The number of aromatic hydroxyl groups is 1. The Kier molecular flexibility index (Phi) is 4.31. The number of piperidine rings is 1. The first kappa shape index (κ1) is 18.7. The monoisotopic (exact) mass is 414 g/mol. The van der Waals surface area contributed by atoms with E-state index in [1.54, 1.807) is 19.2 Å². The van der Waals surface area contributed by atoms with Crippen LogP contribution in [0.15, 0.2) is 24.4 Å². The molecular formula is C18H21FN9O2+. The van der Waals surface area contributed by atoms with E-state index in [0.29, 0.717) is 23.4 Å². The summed E-state index contributed by atoms with van der Waals surface area (Å²) in [7, 11) is 1.64. The van der Waals surface area contributed by atoms with Gasteiger partial charge in [-0.1, -0.05) is 5.10 Å². The largest absolute Gasteiger partial charge is 0.507 e. The molecule has 12 heteroatoms. The van der Waals surface area contributed by atoms with Crippen molar-refractivity contribution in [2.24, 2.45) is 7.05 Å². The lowest BCUT2D eigenvalue weighted by atomic mass is 9.88. The van der Waals surface area contributed by atoms with Gasteiger partial charge in [-0.25, -0.2) is 9.37 Å². The zero-order valence-electron chi connectivity index (χ0n) is 16.5.